The van der Waals surface area contributed by atoms with Crippen molar-refractivity contribution < 1.29 is 53.2 Å². The molecule has 8 rings (SSSR count). The fourth-order valence-corrected chi connectivity index (χ4v) is 9.97. The van der Waals surface area contributed by atoms with Gasteiger partial charge in [-0.1, -0.05) is 36.2 Å². The normalized spacial score (nSPS) is 24.3. The summed E-state index contributed by atoms with van der Waals surface area (Å²) in [5.74, 6) is 0.244. The quantitative estimate of drug-likeness (QED) is 0.0314. The van der Waals surface area contributed by atoms with Gasteiger partial charge >= 0.3 is 6.09 Å². The van der Waals surface area contributed by atoms with E-state index in [0.717, 1.165) is 67.8 Å². The van der Waals surface area contributed by atoms with Crippen molar-refractivity contribution in [2.75, 3.05) is 59.5 Å². The largest absolute Gasteiger partial charge is 0.492 e. The van der Waals surface area contributed by atoms with Crippen molar-refractivity contribution in [1.29, 1.82) is 0 Å². The molecule has 0 bridgehead atoms. The Morgan fingerprint density at radius 1 is 1.00 bits per heavy atom. The van der Waals surface area contributed by atoms with E-state index >= 15 is 0 Å². The smallest absolute Gasteiger partial charge is 0.410 e. The van der Waals surface area contributed by atoms with Gasteiger partial charge in [-0.15, -0.1) is 6.58 Å². The fraction of sp³-hybridized carbons (Fsp3) is 0.510. The van der Waals surface area contributed by atoms with E-state index < -0.39 is 28.8 Å². The van der Waals surface area contributed by atoms with Gasteiger partial charge < -0.3 is 43.5 Å². The molecule has 6 unspecified atom stereocenters. The highest BCUT2D eigenvalue weighted by Crippen LogP contribution is 2.62. The van der Waals surface area contributed by atoms with Crippen molar-refractivity contribution in [3.05, 3.63) is 112 Å². The first-order valence-corrected chi connectivity index (χ1v) is 22.9. The highest BCUT2D eigenvalue weighted by Gasteiger charge is 2.65. The Morgan fingerprint density at radius 3 is 2.49 bits per heavy atom. The number of rotatable bonds is 23. The van der Waals surface area contributed by atoms with E-state index in [4.69, 9.17) is 38.4 Å². The average Bonchev–Trinajstić information content (AvgIpc) is 4.02. The van der Waals surface area contributed by atoms with Crippen LogP contribution in [0.3, 0.4) is 0 Å². The van der Waals surface area contributed by atoms with E-state index in [1.54, 1.807) is 30.0 Å². The number of benzene rings is 3. The second-order valence-corrected chi connectivity index (χ2v) is 17.2. The first kappa shape index (κ1) is 45.9. The Bertz CT molecular complexity index is 2210. The molecule has 5 aliphatic rings. The maximum absolute atomic E-state index is 14.6. The zero-order valence-electron chi connectivity index (χ0n) is 37.0. The number of oxime groups is 1. The third kappa shape index (κ3) is 10.3. The summed E-state index contributed by atoms with van der Waals surface area (Å²) in [6, 6.07) is 16.8. The molecule has 2 N–H and O–H groups in total. The topological polar surface area (TPSA) is 184 Å². The second-order valence-electron chi connectivity index (χ2n) is 17.2. The van der Waals surface area contributed by atoms with Crippen LogP contribution in [-0.4, -0.2) is 108 Å². The number of carbonyl (C=O) groups excluding carboxylic acids is 1. The van der Waals surface area contributed by atoms with Crippen molar-refractivity contribution in [2.24, 2.45) is 22.9 Å². The van der Waals surface area contributed by atoms with Crippen molar-refractivity contribution in [3.8, 4) is 23.0 Å². The molecular weight excluding hydrogens is 837 g/mol. The van der Waals surface area contributed by atoms with Crippen molar-refractivity contribution in [1.82, 2.24) is 9.80 Å². The van der Waals surface area contributed by atoms with Crippen LogP contribution in [0.25, 0.3) is 0 Å². The molecule has 6 atom stereocenters. The number of ether oxygens (including phenoxy) is 6. The lowest BCUT2D eigenvalue weighted by molar-refractivity contribution is -0.384. The number of hydrogen-bond donors (Lipinski definition) is 2. The van der Waals surface area contributed by atoms with Crippen molar-refractivity contribution in [2.45, 2.75) is 82.8 Å². The van der Waals surface area contributed by atoms with E-state index in [9.17, 15) is 25.1 Å². The molecule has 3 aromatic rings. The molecule has 0 spiro atoms. The fourth-order valence-electron chi connectivity index (χ4n) is 9.97. The van der Waals surface area contributed by atoms with Crippen molar-refractivity contribution >= 4 is 17.5 Å². The molecule has 0 radical (unpaired) electrons. The number of carbonyl (C=O) groups is 1. The highest BCUT2D eigenvalue weighted by molar-refractivity contribution is 6.03. The number of nitro groups is 1. The number of amides is 1. The third-order valence-corrected chi connectivity index (χ3v) is 13.1. The predicted molar refractivity (Wildman–Crippen MR) is 240 cm³/mol. The molecule has 65 heavy (non-hydrogen) atoms. The SMILES string of the molecule is C=CCOC12Oc3ccc(OCCN4CC4)cc3C3C(CCCCO)C(CCCCO)C=C(C(=NOCc4ccc([N+](=O)[O-])cc4)CC1N(Cc1ccc4c(c1)OCO4)C(=O)OCC)C32. The molecule has 3 heterocycles. The monoisotopic (exact) mass is 896 g/mol. The van der Waals surface area contributed by atoms with E-state index in [0.29, 0.717) is 48.0 Å². The summed E-state index contributed by atoms with van der Waals surface area (Å²) >= 11 is 0. The Hall–Kier alpha value is -5.68. The number of aliphatic hydroxyl groups excluding tert-OH is 2. The average molecular weight is 897 g/mol. The number of allylic oxidation sites excluding steroid dienone is 1. The lowest BCUT2D eigenvalue weighted by atomic mass is 9.55. The Kier molecular flexibility index (Phi) is 14.9. The first-order valence-electron chi connectivity index (χ1n) is 22.9. The highest BCUT2D eigenvalue weighted by atomic mass is 16.7. The molecule has 3 aliphatic heterocycles. The van der Waals surface area contributed by atoms with Gasteiger partial charge in [0.1, 0.15) is 30.8 Å². The minimum absolute atomic E-state index is 0.0158. The minimum atomic E-state index is -1.51. The van der Waals surface area contributed by atoms with Gasteiger partial charge in [0.15, 0.2) is 11.5 Å². The molecule has 1 saturated carbocycles. The lowest BCUT2D eigenvalue weighted by Crippen LogP contribution is -2.70. The van der Waals surface area contributed by atoms with Gasteiger partial charge in [-0.05, 0) is 104 Å². The van der Waals surface area contributed by atoms with Gasteiger partial charge in [-0.25, -0.2) is 4.79 Å². The Balaban J connectivity index is 1.29. The van der Waals surface area contributed by atoms with Crippen molar-refractivity contribution in [3.63, 3.8) is 0 Å². The van der Waals surface area contributed by atoms with Crippen LogP contribution >= 0.6 is 0 Å². The summed E-state index contributed by atoms with van der Waals surface area (Å²) < 4.78 is 38.1. The summed E-state index contributed by atoms with van der Waals surface area (Å²) in [6.07, 6.45) is 7.93. The summed E-state index contributed by atoms with van der Waals surface area (Å²) in [5.41, 5.74) is 3.85. The molecule has 0 aromatic heterocycles. The number of non-ortho nitro benzene ring substituents is 1. The van der Waals surface area contributed by atoms with Crippen LogP contribution in [0.15, 0.2) is 90.1 Å². The molecule has 16 heteroatoms. The van der Waals surface area contributed by atoms with Crippen LogP contribution < -0.4 is 18.9 Å². The Morgan fingerprint density at radius 2 is 1.75 bits per heavy atom. The predicted octanol–water partition coefficient (Wildman–Crippen LogP) is 7.51. The van der Waals surface area contributed by atoms with Crippen LogP contribution in [0.1, 0.15) is 74.5 Å². The number of nitro benzene ring substituents is 1. The number of aliphatic hydroxyl groups is 2. The summed E-state index contributed by atoms with van der Waals surface area (Å²) in [7, 11) is 0. The second kappa shape index (κ2) is 21.1. The number of unbranched alkanes of at least 4 members (excludes halogenated alkanes) is 2. The summed E-state index contributed by atoms with van der Waals surface area (Å²) in [5, 5.41) is 36.2. The van der Waals surface area contributed by atoms with Crippen LogP contribution in [0.2, 0.25) is 0 Å². The van der Waals surface area contributed by atoms with Crippen LogP contribution in [-0.2, 0) is 27.5 Å². The van der Waals surface area contributed by atoms with Gasteiger partial charge in [0, 0.05) is 69.4 Å². The number of hydrogen-bond acceptors (Lipinski definition) is 14. The van der Waals surface area contributed by atoms with Gasteiger partial charge in [-0.3, -0.25) is 19.9 Å². The van der Waals surface area contributed by atoms with Gasteiger partial charge in [0.2, 0.25) is 12.6 Å². The molecule has 1 saturated heterocycles. The van der Waals surface area contributed by atoms with E-state index in [-0.39, 0.29) is 76.2 Å². The molecule has 1 amide bonds. The van der Waals surface area contributed by atoms with Crippen LogP contribution in [0.5, 0.6) is 23.0 Å². The molecule has 2 fully saturated rings. The van der Waals surface area contributed by atoms with E-state index in [1.165, 1.54) is 12.1 Å². The molecule has 348 valence electrons. The van der Waals surface area contributed by atoms with Gasteiger partial charge in [0.25, 0.3) is 5.69 Å². The van der Waals surface area contributed by atoms with Crippen LogP contribution in [0, 0.1) is 27.9 Å². The zero-order valence-corrected chi connectivity index (χ0v) is 37.0. The number of nitrogens with zero attached hydrogens (tertiary/aromatic N) is 4. The van der Waals surface area contributed by atoms with Gasteiger partial charge in [-0.2, -0.15) is 0 Å². The molecular formula is C49H60N4O12. The maximum Gasteiger partial charge on any atom is 0.410 e. The Labute approximate surface area is 379 Å². The van der Waals surface area contributed by atoms with E-state index in [2.05, 4.69) is 23.6 Å². The summed E-state index contributed by atoms with van der Waals surface area (Å²) in [4.78, 5) is 35.7. The van der Waals surface area contributed by atoms with E-state index in [1.807, 2.05) is 30.3 Å². The van der Waals surface area contributed by atoms with Gasteiger partial charge in [0.05, 0.1) is 29.8 Å². The third-order valence-electron chi connectivity index (χ3n) is 13.1. The lowest BCUT2D eigenvalue weighted by Gasteiger charge is -2.59. The zero-order chi connectivity index (χ0) is 45.3. The molecule has 3 aromatic carbocycles. The summed E-state index contributed by atoms with van der Waals surface area (Å²) in [6.45, 7) is 9.89. The van der Waals surface area contributed by atoms with Crippen LogP contribution in [0.4, 0.5) is 10.5 Å². The standard InChI is InChI=1S/C49H60N4O12/c1-3-24-63-49-45(52(48(56)59-4-2)30-34-13-17-43-44(26-34)62-32-61-43)29-41(50-64-31-33-11-14-36(15-12-33)53(57)58)39-27-35(9-5-7-22-54)38(10-6-8-23-55)46(47(39)49)40-28-37(16-18-42(40)65-49)60-25-21-51-19-20-51/h3,11-18,26-28,35,38,45-47,54-55H,1,4-10,19-25,29-32H2,2H3. The minimum Gasteiger partial charge on any atom is -0.492 e. The first-order chi connectivity index (χ1) is 31.8. The molecule has 2 aliphatic carbocycles. The molecule has 16 nitrogen and oxygen atoms in total. The maximum atomic E-state index is 14.6. The number of fused-ring (bicyclic) bond motifs is 3.